The van der Waals surface area contributed by atoms with E-state index in [4.69, 9.17) is 0 Å². The third-order valence-corrected chi connectivity index (χ3v) is 4.39. The van der Waals surface area contributed by atoms with E-state index in [0.29, 0.717) is 43.5 Å². The number of hydrogen-bond acceptors (Lipinski definition) is 5. The van der Waals surface area contributed by atoms with E-state index in [1.54, 1.807) is 29.7 Å². The summed E-state index contributed by atoms with van der Waals surface area (Å²) in [7, 11) is 0. The molecule has 1 saturated heterocycles. The molecule has 7 nitrogen and oxygen atoms in total. The summed E-state index contributed by atoms with van der Waals surface area (Å²) >= 11 is 0. The molecule has 1 aromatic carbocycles. The Bertz CT molecular complexity index is 811. The molecule has 0 unspecified atom stereocenters. The molecular weight excluding hydrogens is 330 g/mol. The molecule has 1 aliphatic heterocycles. The third-order valence-electron chi connectivity index (χ3n) is 4.39. The average molecular weight is 353 g/mol. The summed E-state index contributed by atoms with van der Waals surface area (Å²) in [5.41, 5.74) is 2.44. The number of amides is 2. The Balaban J connectivity index is 1.73. The fraction of sp³-hybridized carbons (Fsp3) is 0.368. The molecule has 0 aliphatic carbocycles. The Labute approximate surface area is 153 Å². The maximum Gasteiger partial charge on any atom is 0.272 e. The van der Waals surface area contributed by atoms with Gasteiger partial charge in [-0.05, 0) is 26.0 Å². The van der Waals surface area contributed by atoms with Crippen molar-refractivity contribution in [3.05, 3.63) is 47.4 Å². The van der Waals surface area contributed by atoms with Gasteiger partial charge >= 0.3 is 0 Å². The first-order chi connectivity index (χ1) is 12.4. The molecule has 0 bridgehead atoms. The number of piperazine rings is 1. The maximum atomic E-state index is 12.8. The summed E-state index contributed by atoms with van der Waals surface area (Å²) < 4.78 is 0. The number of aromatic nitrogens is 2. The zero-order valence-corrected chi connectivity index (χ0v) is 15.3. The minimum Gasteiger partial charge on any atom is -0.340 e. The summed E-state index contributed by atoms with van der Waals surface area (Å²) in [4.78, 5) is 36.4. The molecule has 2 heterocycles. The lowest BCUT2D eigenvalue weighted by atomic mass is 10.2. The van der Waals surface area contributed by atoms with Crippen LogP contribution in [0, 0.1) is 13.8 Å². The highest BCUT2D eigenvalue weighted by Gasteiger charge is 2.24. The number of nitrogens with one attached hydrogen (secondary N) is 1. The van der Waals surface area contributed by atoms with Crippen LogP contribution in [0.4, 0.5) is 11.5 Å². The molecule has 1 aromatic heterocycles. The summed E-state index contributed by atoms with van der Waals surface area (Å²) in [5.74, 6) is 1.03. The lowest BCUT2D eigenvalue weighted by Gasteiger charge is -2.34. The zero-order chi connectivity index (χ0) is 18.7. The minimum absolute atomic E-state index is 0.0413. The fourth-order valence-corrected chi connectivity index (χ4v) is 2.91. The first kappa shape index (κ1) is 17.8. The quantitative estimate of drug-likeness (QED) is 0.915. The number of nitrogens with zero attached hydrogens (tertiary/aromatic N) is 4. The van der Waals surface area contributed by atoms with Crippen LogP contribution < -0.4 is 5.32 Å². The van der Waals surface area contributed by atoms with Gasteiger partial charge in [-0.3, -0.25) is 9.59 Å². The molecule has 3 rings (SSSR count). The largest absolute Gasteiger partial charge is 0.340 e. The van der Waals surface area contributed by atoms with Gasteiger partial charge in [0.2, 0.25) is 5.91 Å². The van der Waals surface area contributed by atoms with Crippen LogP contribution >= 0.6 is 0 Å². The van der Waals surface area contributed by atoms with E-state index in [1.165, 1.54) is 5.56 Å². The van der Waals surface area contributed by atoms with Gasteiger partial charge in [0.15, 0.2) is 0 Å². The monoisotopic (exact) mass is 353 g/mol. The number of aryl methyl sites for hydroxylation is 2. The summed E-state index contributed by atoms with van der Waals surface area (Å²) in [6.07, 6.45) is 0. The second kappa shape index (κ2) is 7.51. The molecule has 0 saturated carbocycles. The van der Waals surface area contributed by atoms with Gasteiger partial charge in [0, 0.05) is 44.9 Å². The highest BCUT2D eigenvalue weighted by atomic mass is 16.2. The van der Waals surface area contributed by atoms with Crippen molar-refractivity contribution in [2.75, 3.05) is 31.5 Å². The van der Waals surface area contributed by atoms with Crippen molar-refractivity contribution in [3.63, 3.8) is 0 Å². The molecule has 0 atom stereocenters. The first-order valence-corrected chi connectivity index (χ1v) is 8.66. The standard InChI is InChI=1S/C19H23N5O2/c1-13-4-6-16(7-5-13)22-18-12-17(20-14(2)21-18)19(26)24-10-8-23(9-11-24)15(3)25/h4-7,12H,8-11H2,1-3H3,(H,20,21,22). The average Bonchev–Trinajstić information content (AvgIpc) is 2.62. The molecule has 2 amide bonds. The van der Waals surface area contributed by atoms with Crippen molar-refractivity contribution in [1.82, 2.24) is 19.8 Å². The lowest BCUT2D eigenvalue weighted by Crippen LogP contribution is -2.50. The van der Waals surface area contributed by atoms with Crippen molar-refractivity contribution in [3.8, 4) is 0 Å². The molecule has 2 aromatic rings. The maximum absolute atomic E-state index is 12.8. The smallest absolute Gasteiger partial charge is 0.272 e. The van der Waals surface area contributed by atoms with Crippen LogP contribution in [0.2, 0.25) is 0 Å². The Morgan fingerprint density at radius 3 is 2.19 bits per heavy atom. The van der Waals surface area contributed by atoms with E-state index < -0.39 is 0 Å². The van der Waals surface area contributed by atoms with E-state index in [2.05, 4.69) is 15.3 Å². The second-order valence-corrected chi connectivity index (χ2v) is 6.47. The Kier molecular flexibility index (Phi) is 5.16. The van der Waals surface area contributed by atoms with E-state index in [-0.39, 0.29) is 11.8 Å². The van der Waals surface area contributed by atoms with Gasteiger partial charge in [-0.1, -0.05) is 17.7 Å². The SMILES string of the molecule is CC(=O)N1CCN(C(=O)c2cc(Nc3ccc(C)cc3)nc(C)n2)CC1. The third kappa shape index (κ3) is 4.17. The van der Waals surface area contributed by atoms with E-state index in [0.717, 1.165) is 5.69 Å². The van der Waals surface area contributed by atoms with Gasteiger partial charge < -0.3 is 15.1 Å². The summed E-state index contributed by atoms with van der Waals surface area (Å²) in [6, 6.07) is 9.63. The second-order valence-electron chi connectivity index (χ2n) is 6.47. The fourth-order valence-electron chi connectivity index (χ4n) is 2.91. The van der Waals surface area contributed by atoms with Gasteiger partial charge in [0.05, 0.1) is 0 Å². The topological polar surface area (TPSA) is 78.4 Å². The van der Waals surface area contributed by atoms with Crippen LogP contribution in [0.3, 0.4) is 0 Å². The number of rotatable bonds is 3. The molecule has 0 spiro atoms. The number of benzene rings is 1. The normalized spacial score (nSPS) is 14.3. The van der Waals surface area contributed by atoms with Crippen LogP contribution in [0.15, 0.2) is 30.3 Å². The van der Waals surface area contributed by atoms with Crippen LogP contribution in [-0.2, 0) is 4.79 Å². The Hall–Kier alpha value is -2.96. The van der Waals surface area contributed by atoms with Gasteiger partial charge in [-0.25, -0.2) is 9.97 Å². The molecular formula is C19H23N5O2. The minimum atomic E-state index is -0.134. The number of hydrogen-bond donors (Lipinski definition) is 1. The molecule has 136 valence electrons. The van der Waals surface area contributed by atoms with Crippen molar-refractivity contribution in [1.29, 1.82) is 0 Å². The summed E-state index contributed by atoms with van der Waals surface area (Å²) in [5, 5.41) is 3.22. The van der Waals surface area contributed by atoms with Crippen LogP contribution in [0.5, 0.6) is 0 Å². The van der Waals surface area contributed by atoms with Gasteiger partial charge in [0.25, 0.3) is 5.91 Å². The van der Waals surface area contributed by atoms with Gasteiger partial charge in [-0.15, -0.1) is 0 Å². The number of anilines is 2. The predicted octanol–water partition coefficient (Wildman–Crippen LogP) is 2.14. The Morgan fingerprint density at radius 2 is 1.58 bits per heavy atom. The highest BCUT2D eigenvalue weighted by Crippen LogP contribution is 2.17. The van der Waals surface area contributed by atoms with Crippen molar-refractivity contribution in [2.24, 2.45) is 0 Å². The van der Waals surface area contributed by atoms with E-state index >= 15 is 0 Å². The van der Waals surface area contributed by atoms with Crippen LogP contribution in [0.25, 0.3) is 0 Å². The Morgan fingerprint density at radius 1 is 0.962 bits per heavy atom. The highest BCUT2D eigenvalue weighted by molar-refractivity contribution is 5.93. The number of carbonyl (C=O) groups is 2. The van der Waals surface area contributed by atoms with Gasteiger partial charge in [0.1, 0.15) is 17.3 Å². The van der Waals surface area contributed by atoms with Crippen LogP contribution in [-0.4, -0.2) is 57.8 Å². The van der Waals surface area contributed by atoms with Crippen molar-refractivity contribution >= 4 is 23.3 Å². The zero-order valence-electron chi connectivity index (χ0n) is 15.3. The molecule has 1 fully saturated rings. The van der Waals surface area contributed by atoms with E-state index in [1.807, 2.05) is 31.2 Å². The van der Waals surface area contributed by atoms with Gasteiger partial charge in [-0.2, -0.15) is 0 Å². The molecule has 1 aliphatic rings. The predicted molar refractivity (Wildman–Crippen MR) is 99.4 cm³/mol. The van der Waals surface area contributed by atoms with Crippen molar-refractivity contribution < 1.29 is 9.59 Å². The number of carbonyl (C=O) groups excluding carboxylic acids is 2. The summed E-state index contributed by atoms with van der Waals surface area (Å²) in [6.45, 7) is 7.49. The molecule has 26 heavy (non-hydrogen) atoms. The molecule has 0 radical (unpaired) electrons. The van der Waals surface area contributed by atoms with E-state index in [9.17, 15) is 9.59 Å². The first-order valence-electron chi connectivity index (χ1n) is 8.66. The lowest BCUT2D eigenvalue weighted by molar-refractivity contribution is -0.130. The molecule has 7 heteroatoms. The van der Waals surface area contributed by atoms with Crippen molar-refractivity contribution in [2.45, 2.75) is 20.8 Å². The molecule has 1 N–H and O–H groups in total. The van der Waals surface area contributed by atoms with Crippen LogP contribution in [0.1, 0.15) is 28.8 Å².